The molecule has 0 aliphatic heterocycles. The summed E-state index contributed by atoms with van der Waals surface area (Å²) in [5.74, 6) is -1.27. The number of nitrogen functional groups attached to an aromatic ring is 1. The van der Waals surface area contributed by atoms with Gasteiger partial charge < -0.3 is 5.73 Å². The Kier molecular flexibility index (Phi) is 2.76. The molecule has 0 atom stereocenters. The molecule has 2 N–H and O–H groups in total. The monoisotopic (exact) mass is 288 g/mol. The lowest BCUT2D eigenvalue weighted by Gasteiger charge is -2.03. The van der Waals surface area contributed by atoms with Gasteiger partial charge in [-0.1, -0.05) is 0 Å². The van der Waals surface area contributed by atoms with Gasteiger partial charge in [-0.3, -0.25) is 0 Å². The fourth-order valence-corrected chi connectivity index (χ4v) is 1.30. The van der Waals surface area contributed by atoms with E-state index in [4.69, 9.17) is 5.73 Å². The zero-order valence-corrected chi connectivity index (χ0v) is 7.85. The fraction of sp³-hybridized carbons (Fsp3) is 0.167. The molecule has 6 heteroatoms. The Bertz CT molecular complexity index is 303. The highest BCUT2D eigenvalue weighted by Gasteiger charge is 2.15. The van der Waals surface area contributed by atoms with Crippen molar-refractivity contribution in [1.82, 2.24) is 4.98 Å². The van der Waals surface area contributed by atoms with Crippen molar-refractivity contribution in [3.8, 4) is 0 Å². The van der Waals surface area contributed by atoms with Crippen LogP contribution in [0.5, 0.6) is 0 Å². The largest absolute Gasteiger partial charge is 0.381 e. The molecule has 0 bridgehead atoms. The molecule has 1 heterocycles. The molecule has 0 fully saturated rings. The summed E-state index contributed by atoms with van der Waals surface area (Å²) in [6.45, 7) is 0. The van der Waals surface area contributed by atoms with Gasteiger partial charge >= 0.3 is 0 Å². The number of rotatable bonds is 1. The van der Waals surface area contributed by atoms with E-state index in [0.717, 1.165) is 0 Å². The van der Waals surface area contributed by atoms with Crippen LogP contribution < -0.4 is 5.73 Å². The molecule has 0 aromatic carbocycles. The first-order valence-electron chi connectivity index (χ1n) is 2.92. The summed E-state index contributed by atoms with van der Waals surface area (Å²) < 4.78 is 36.8. The van der Waals surface area contributed by atoms with Gasteiger partial charge in [-0.05, 0) is 28.7 Å². The molecule has 0 unspecified atom stereocenters. The first kappa shape index (κ1) is 9.56. The Morgan fingerprint density at radius 3 is 2.58 bits per heavy atom. The van der Waals surface area contributed by atoms with Gasteiger partial charge in [-0.25, -0.2) is 18.2 Å². The van der Waals surface area contributed by atoms with E-state index in [1.807, 2.05) is 0 Å². The molecule has 0 radical (unpaired) electrons. The Morgan fingerprint density at radius 2 is 2.08 bits per heavy atom. The standard InChI is InChI=1S/C6H4F3IN2/c7-3-1-2(4(8)9)5(10)12-6(3)11/h1,4H,(H2,11,12). The van der Waals surface area contributed by atoms with Crippen molar-refractivity contribution >= 4 is 28.4 Å². The van der Waals surface area contributed by atoms with Crippen molar-refractivity contribution in [2.24, 2.45) is 0 Å². The van der Waals surface area contributed by atoms with Gasteiger partial charge in [0.05, 0.1) is 5.56 Å². The molecule has 0 saturated carbocycles. The minimum absolute atomic E-state index is 0.0292. The van der Waals surface area contributed by atoms with Gasteiger partial charge in [0.25, 0.3) is 6.43 Å². The van der Waals surface area contributed by atoms with E-state index in [9.17, 15) is 13.2 Å². The summed E-state index contributed by atoms with van der Waals surface area (Å²) in [4.78, 5) is 3.40. The average molecular weight is 288 g/mol. The van der Waals surface area contributed by atoms with Gasteiger partial charge in [-0.2, -0.15) is 0 Å². The lowest BCUT2D eigenvalue weighted by molar-refractivity contribution is 0.149. The number of nitrogens with zero attached hydrogens (tertiary/aromatic N) is 1. The van der Waals surface area contributed by atoms with E-state index in [1.54, 1.807) is 22.6 Å². The number of hydrogen-bond acceptors (Lipinski definition) is 2. The van der Waals surface area contributed by atoms with E-state index in [1.165, 1.54) is 0 Å². The highest BCUT2D eigenvalue weighted by atomic mass is 127. The number of halogens is 4. The number of alkyl halides is 2. The van der Waals surface area contributed by atoms with Crippen molar-refractivity contribution in [1.29, 1.82) is 0 Å². The third kappa shape index (κ3) is 1.79. The molecule has 0 spiro atoms. The maximum Gasteiger partial charge on any atom is 0.266 e. The lowest BCUT2D eigenvalue weighted by atomic mass is 10.3. The topological polar surface area (TPSA) is 38.9 Å². The third-order valence-electron chi connectivity index (χ3n) is 1.22. The third-order valence-corrected chi connectivity index (χ3v) is 2.08. The van der Waals surface area contributed by atoms with E-state index >= 15 is 0 Å². The van der Waals surface area contributed by atoms with Crippen molar-refractivity contribution < 1.29 is 13.2 Å². The quantitative estimate of drug-likeness (QED) is 0.636. The van der Waals surface area contributed by atoms with Crippen molar-refractivity contribution in [3.63, 3.8) is 0 Å². The Hall–Kier alpha value is -0.530. The number of anilines is 1. The van der Waals surface area contributed by atoms with Crippen molar-refractivity contribution in [3.05, 3.63) is 21.1 Å². The lowest BCUT2D eigenvalue weighted by Crippen LogP contribution is -2.01. The van der Waals surface area contributed by atoms with Crippen LogP contribution in [0.1, 0.15) is 12.0 Å². The number of aromatic nitrogens is 1. The maximum atomic E-state index is 12.6. The maximum absolute atomic E-state index is 12.6. The first-order chi connectivity index (χ1) is 5.52. The van der Waals surface area contributed by atoms with Crippen LogP contribution in [-0.2, 0) is 0 Å². The fourth-order valence-electron chi connectivity index (χ4n) is 0.647. The second-order valence-electron chi connectivity index (χ2n) is 2.04. The van der Waals surface area contributed by atoms with Crippen LogP contribution in [0.25, 0.3) is 0 Å². The average Bonchev–Trinajstić information content (AvgIpc) is 1.96. The molecule has 12 heavy (non-hydrogen) atoms. The van der Waals surface area contributed by atoms with Gasteiger partial charge in [-0.15, -0.1) is 0 Å². The Morgan fingerprint density at radius 1 is 1.50 bits per heavy atom. The molecular weight excluding hydrogens is 284 g/mol. The highest BCUT2D eigenvalue weighted by molar-refractivity contribution is 14.1. The second kappa shape index (κ2) is 3.46. The summed E-state index contributed by atoms with van der Waals surface area (Å²) >= 11 is 1.58. The van der Waals surface area contributed by atoms with Crippen LogP contribution in [-0.4, -0.2) is 4.98 Å². The number of pyridine rings is 1. The predicted molar refractivity (Wildman–Crippen MR) is 46.3 cm³/mol. The molecule has 1 aromatic heterocycles. The SMILES string of the molecule is Nc1nc(I)c(C(F)F)cc1F. The Labute approximate surface area is 80.1 Å². The molecular formula is C6H4F3IN2. The van der Waals surface area contributed by atoms with Crippen LogP contribution in [0.4, 0.5) is 19.0 Å². The molecule has 1 rings (SSSR count). The first-order valence-corrected chi connectivity index (χ1v) is 4.00. The van der Waals surface area contributed by atoms with E-state index in [2.05, 4.69) is 4.98 Å². The zero-order valence-electron chi connectivity index (χ0n) is 5.69. The smallest absolute Gasteiger partial charge is 0.266 e. The number of nitrogens with two attached hydrogens (primary N) is 1. The normalized spacial score (nSPS) is 10.8. The predicted octanol–water partition coefficient (Wildman–Crippen LogP) is 2.35. The molecule has 2 nitrogen and oxygen atoms in total. The Balaban J connectivity index is 3.23. The van der Waals surface area contributed by atoms with Gasteiger partial charge in [0.2, 0.25) is 0 Å². The summed E-state index contributed by atoms with van der Waals surface area (Å²) in [5.41, 5.74) is 4.63. The second-order valence-corrected chi connectivity index (χ2v) is 3.06. The molecule has 0 amide bonds. The van der Waals surface area contributed by atoms with Crippen LogP contribution in [0.15, 0.2) is 6.07 Å². The summed E-state index contributed by atoms with van der Waals surface area (Å²) in [7, 11) is 0. The molecule has 0 aliphatic rings. The van der Waals surface area contributed by atoms with E-state index < -0.39 is 17.8 Å². The van der Waals surface area contributed by atoms with E-state index in [0.29, 0.717) is 6.07 Å². The van der Waals surface area contributed by atoms with Crippen LogP contribution in [0.3, 0.4) is 0 Å². The summed E-state index contributed by atoms with van der Waals surface area (Å²) in [6, 6.07) is 0.703. The highest BCUT2D eigenvalue weighted by Crippen LogP contribution is 2.25. The van der Waals surface area contributed by atoms with Crippen LogP contribution in [0, 0.1) is 9.52 Å². The van der Waals surface area contributed by atoms with Crippen molar-refractivity contribution in [2.75, 3.05) is 5.73 Å². The minimum Gasteiger partial charge on any atom is -0.381 e. The molecule has 0 aliphatic carbocycles. The zero-order chi connectivity index (χ0) is 9.30. The van der Waals surface area contributed by atoms with Gasteiger partial charge in [0, 0.05) is 0 Å². The van der Waals surface area contributed by atoms with Crippen LogP contribution in [0.2, 0.25) is 0 Å². The van der Waals surface area contributed by atoms with E-state index in [-0.39, 0.29) is 9.52 Å². The van der Waals surface area contributed by atoms with Crippen LogP contribution >= 0.6 is 22.6 Å². The molecule has 0 saturated heterocycles. The summed E-state index contributed by atoms with van der Waals surface area (Å²) in [6.07, 6.45) is -2.72. The number of hydrogen-bond donors (Lipinski definition) is 1. The molecule has 1 aromatic rings. The molecule has 66 valence electrons. The van der Waals surface area contributed by atoms with Gasteiger partial charge in [0.15, 0.2) is 11.6 Å². The van der Waals surface area contributed by atoms with Crippen molar-refractivity contribution in [2.45, 2.75) is 6.43 Å². The minimum atomic E-state index is -2.72. The van der Waals surface area contributed by atoms with Gasteiger partial charge in [0.1, 0.15) is 3.70 Å². The summed E-state index contributed by atoms with van der Waals surface area (Å²) in [5, 5.41) is 0.